The molecule has 178 valence electrons. The van der Waals surface area contributed by atoms with Crippen molar-refractivity contribution in [2.45, 2.75) is 32.7 Å². The summed E-state index contributed by atoms with van der Waals surface area (Å²) in [5.41, 5.74) is 1.11. The van der Waals surface area contributed by atoms with Gasteiger partial charge in [-0.2, -0.15) is 0 Å². The predicted molar refractivity (Wildman–Crippen MR) is 126 cm³/mol. The Labute approximate surface area is 193 Å². The number of rotatable bonds is 12. The van der Waals surface area contributed by atoms with Crippen LogP contribution in [0.3, 0.4) is 0 Å². The molecular formula is C24H31N2O6P. The van der Waals surface area contributed by atoms with E-state index < -0.39 is 43.4 Å². The highest BCUT2D eigenvalue weighted by Gasteiger charge is 2.32. The third kappa shape index (κ3) is 9.20. The molecule has 2 amide bonds. The SMILES string of the molecule is CC(C)CC(CP(=O)(O)CNC(=O)c1ccccc1)C(=O)N[C@@H](Cc1ccccc1)C(=O)O. The van der Waals surface area contributed by atoms with E-state index in [1.807, 2.05) is 19.9 Å². The maximum atomic E-state index is 12.9. The van der Waals surface area contributed by atoms with Gasteiger partial charge in [-0.15, -0.1) is 0 Å². The maximum absolute atomic E-state index is 12.9. The van der Waals surface area contributed by atoms with Crippen LogP contribution in [-0.4, -0.2) is 46.3 Å². The molecule has 0 heterocycles. The number of aliphatic carboxylic acids is 1. The van der Waals surface area contributed by atoms with Crippen LogP contribution in [0.15, 0.2) is 60.7 Å². The predicted octanol–water partition coefficient (Wildman–Crippen LogP) is 3.12. The number of carboxylic acids is 1. The minimum Gasteiger partial charge on any atom is -0.480 e. The number of carbonyl (C=O) groups excluding carboxylic acids is 2. The summed E-state index contributed by atoms with van der Waals surface area (Å²) in [6, 6.07) is 16.1. The van der Waals surface area contributed by atoms with Crippen LogP contribution in [0.5, 0.6) is 0 Å². The normalized spacial score (nSPS) is 14.7. The lowest BCUT2D eigenvalue weighted by Crippen LogP contribution is -2.46. The summed E-state index contributed by atoms with van der Waals surface area (Å²) < 4.78 is 12.8. The Kier molecular flexibility index (Phi) is 9.82. The number of hydrogen-bond acceptors (Lipinski definition) is 4. The van der Waals surface area contributed by atoms with E-state index in [0.717, 1.165) is 5.56 Å². The van der Waals surface area contributed by atoms with Crippen LogP contribution >= 0.6 is 7.37 Å². The average molecular weight is 474 g/mol. The molecule has 2 aromatic rings. The van der Waals surface area contributed by atoms with Gasteiger partial charge in [0.25, 0.3) is 5.91 Å². The summed E-state index contributed by atoms with van der Waals surface area (Å²) in [7, 11) is -3.91. The van der Waals surface area contributed by atoms with Gasteiger partial charge in [0.2, 0.25) is 13.3 Å². The highest BCUT2D eigenvalue weighted by atomic mass is 31.2. The number of carbonyl (C=O) groups is 3. The van der Waals surface area contributed by atoms with E-state index in [1.165, 1.54) is 0 Å². The van der Waals surface area contributed by atoms with Crippen molar-refractivity contribution in [3.63, 3.8) is 0 Å². The summed E-state index contributed by atoms with van der Waals surface area (Å²) in [5.74, 6) is -3.08. The lowest BCUT2D eigenvalue weighted by atomic mass is 9.97. The van der Waals surface area contributed by atoms with Crippen LogP contribution in [0.1, 0.15) is 36.2 Å². The van der Waals surface area contributed by atoms with Crippen molar-refractivity contribution in [2.24, 2.45) is 11.8 Å². The first-order valence-corrected chi connectivity index (χ1v) is 12.8. The third-order valence-electron chi connectivity index (χ3n) is 5.05. The quantitative estimate of drug-likeness (QED) is 0.350. The molecule has 0 aliphatic rings. The van der Waals surface area contributed by atoms with Crippen LogP contribution in [-0.2, 0) is 20.6 Å². The van der Waals surface area contributed by atoms with Gasteiger partial charge in [0.1, 0.15) is 6.04 Å². The second-order valence-electron chi connectivity index (χ2n) is 8.47. The second kappa shape index (κ2) is 12.3. The number of benzene rings is 2. The zero-order valence-corrected chi connectivity index (χ0v) is 19.7. The van der Waals surface area contributed by atoms with Crippen molar-refractivity contribution in [2.75, 3.05) is 12.4 Å². The Morgan fingerprint density at radius 3 is 2.09 bits per heavy atom. The van der Waals surface area contributed by atoms with Gasteiger partial charge < -0.3 is 20.6 Å². The highest BCUT2D eigenvalue weighted by Crippen LogP contribution is 2.42. The molecule has 0 bridgehead atoms. The minimum absolute atomic E-state index is 0.0389. The number of hydrogen-bond donors (Lipinski definition) is 4. The second-order valence-corrected chi connectivity index (χ2v) is 10.8. The fourth-order valence-electron chi connectivity index (χ4n) is 3.47. The molecule has 3 atom stereocenters. The highest BCUT2D eigenvalue weighted by molar-refractivity contribution is 7.58. The van der Waals surface area contributed by atoms with Crippen molar-refractivity contribution < 1.29 is 28.9 Å². The molecule has 0 spiro atoms. The number of amides is 2. The Bertz CT molecular complexity index is 981. The molecule has 33 heavy (non-hydrogen) atoms. The van der Waals surface area contributed by atoms with Crippen LogP contribution in [0.4, 0.5) is 0 Å². The summed E-state index contributed by atoms with van der Waals surface area (Å²) in [6.07, 6.45) is -0.431. The first-order chi connectivity index (χ1) is 15.6. The summed E-state index contributed by atoms with van der Waals surface area (Å²) in [5, 5.41) is 14.5. The molecule has 4 N–H and O–H groups in total. The fourth-order valence-corrected chi connectivity index (χ4v) is 4.99. The molecule has 0 aliphatic heterocycles. The molecule has 0 saturated carbocycles. The lowest BCUT2D eigenvalue weighted by molar-refractivity contribution is -0.142. The molecule has 0 saturated heterocycles. The topological polar surface area (TPSA) is 133 Å². The van der Waals surface area contributed by atoms with Gasteiger partial charge in [0.15, 0.2) is 0 Å². The van der Waals surface area contributed by atoms with Gasteiger partial charge in [0.05, 0.1) is 6.29 Å². The van der Waals surface area contributed by atoms with E-state index in [0.29, 0.717) is 12.0 Å². The van der Waals surface area contributed by atoms with E-state index >= 15 is 0 Å². The number of carboxylic acid groups (broad SMARTS) is 1. The smallest absolute Gasteiger partial charge is 0.326 e. The lowest BCUT2D eigenvalue weighted by Gasteiger charge is -2.24. The zero-order chi connectivity index (χ0) is 24.4. The van der Waals surface area contributed by atoms with Gasteiger partial charge in [-0.25, -0.2) is 4.79 Å². The third-order valence-corrected chi connectivity index (χ3v) is 6.72. The largest absolute Gasteiger partial charge is 0.480 e. The van der Waals surface area contributed by atoms with E-state index in [1.54, 1.807) is 54.6 Å². The molecule has 8 nitrogen and oxygen atoms in total. The van der Waals surface area contributed by atoms with Crippen molar-refractivity contribution in [1.82, 2.24) is 10.6 Å². The Morgan fingerprint density at radius 1 is 0.970 bits per heavy atom. The molecule has 0 aliphatic carbocycles. The van der Waals surface area contributed by atoms with E-state index in [4.69, 9.17) is 0 Å². The molecule has 2 aromatic carbocycles. The van der Waals surface area contributed by atoms with Gasteiger partial charge >= 0.3 is 5.97 Å². The summed E-state index contributed by atoms with van der Waals surface area (Å²) in [4.78, 5) is 47.3. The molecule has 2 unspecified atom stereocenters. The Morgan fingerprint density at radius 2 is 1.55 bits per heavy atom. The zero-order valence-electron chi connectivity index (χ0n) is 18.8. The molecule has 0 radical (unpaired) electrons. The first kappa shape index (κ1) is 26.3. The Balaban J connectivity index is 2.05. The van der Waals surface area contributed by atoms with Gasteiger partial charge in [-0.1, -0.05) is 62.4 Å². The fraction of sp³-hybridized carbons (Fsp3) is 0.375. The van der Waals surface area contributed by atoms with E-state index in [2.05, 4.69) is 10.6 Å². The summed E-state index contributed by atoms with van der Waals surface area (Å²) in [6.45, 7) is 3.75. The van der Waals surface area contributed by atoms with E-state index in [9.17, 15) is 28.9 Å². The van der Waals surface area contributed by atoms with Crippen molar-refractivity contribution in [3.8, 4) is 0 Å². The van der Waals surface area contributed by atoms with Crippen molar-refractivity contribution in [3.05, 3.63) is 71.8 Å². The molecule has 0 aromatic heterocycles. The van der Waals surface area contributed by atoms with Crippen LogP contribution in [0, 0.1) is 11.8 Å². The molecular weight excluding hydrogens is 443 g/mol. The molecule has 0 fully saturated rings. The monoisotopic (exact) mass is 474 g/mol. The van der Waals surface area contributed by atoms with Gasteiger partial charge in [-0.05, 0) is 30.0 Å². The minimum atomic E-state index is -3.91. The van der Waals surface area contributed by atoms with Crippen molar-refractivity contribution in [1.29, 1.82) is 0 Å². The summed E-state index contributed by atoms with van der Waals surface area (Å²) >= 11 is 0. The van der Waals surface area contributed by atoms with E-state index in [-0.39, 0.29) is 18.5 Å². The molecule has 2 rings (SSSR count). The van der Waals surface area contributed by atoms with Gasteiger partial charge in [0, 0.05) is 24.1 Å². The van der Waals surface area contributed by atoms with Crippen molar-refractivity contribution >= 4 is 25.2 Å². The Hall–Kier alpha value is -2.96. The van der Waals surface area contributed by atoms with Crippen LogP contribution in [0.2, 0.25) is 0 Å². The van der Waals surface area contributed by atoms with Gasteiger partial charge in [-0.3, -0.25) is 14.2 Å². The number of nitrogens with one attached hydrogen (secondary N) is 2. The van der Waals surface area contributed by atoms with Crippen LogP contribution in [0.25, 0.3) is 0 Å². The average Bonchev–Trinajstić information content (AvgIpc) is 2.77. The standard InChI is InChI=1S/C24H31N2O6P/c1-17(2)13-20(15-33(31,32)16-25-22(27)19-11-7-4-8-12-19)23(28)26-21(24(29)30)14-18-9-5-3-6-10-18/h3-12,17,20-21H,13-16H2,1-2H3,(H,25,27)(H,26,28)(H,29,30)(H,31,32)/t20?,21-/m0/s1. The maximum Gasteiger partial charge on any atom is 0.326 e. The first-order valence-electron chi connectivity index (χ1n) is 10.8. The molecule has 9 heteroatoms. The van der Waals surface area contributed by atoms with Crippen LogP contribution < -0.4 is 10.6 Å².